The molecular formula is C22H21N5O2S. The van der Waals surface area contributed by atoms with Gasteiger partial charge >= 0.3 is 0 Å². The van der Waals surface area contributed by atoms with Crippen LogP contribution in [0, 0.1) is 0 Å². The topological polar surface area (TPSA) is 81.9 Å². The smallest absolute Gasteiger partial charge is 0.237 e. The molecule has 8 heteroatoms. The van der Waals surface area contributed by atoms with Gasteiger partial charge in [-0.25, -0.2) is 0 Å². The van der Waals surface area contributed by atoms with Crippen LogP contribution < -0.4 is 10.1 Å². The van der Waals surface area contributed by atoms with Crippen LogP contribution >= 0.6 is 11.8 Å². The van der Waals surface area contributed by atoms with Crippen molar-refractivity contribution in [3.8, 4) is 11.4 Å². The van der Waals surface area contributed by atoms with Crippen molar-refractivity contribution >= 4 is 34.1 Å². The molecule has 0 spiro atoms. The third-order valence-corrected chi connectivity index (χ3v) is 5.57. The van der Waals surface area contributed by atoms with E-state index in [9.17, 15) is 4.79 Å². The summed E-state index contributed by atoms with van der Waals surface area (Å²) in [6.07, 6.45) is 0. The number of amides is 1. The molecule has 0 bridgehead atoms. The lowest BCUT2D eigenvalue weighted by molar-refractivity contribution is -0.115. The summed E-state index contributed by atoms with van der Waals surface area (Å²) in [5.74, 6) is 0.561. The van der Waals surface area contributed by atoms with Gasteiger partial charge in [0.05, 0.1) is 11.9 Å². The number of nitrogens with one attached hydrogen (secondary N) is 1. The second kappa shape index (κ2) is 8.96. The zero-order chi connectivity index (χ0) is 20.9. The normalized spacial score (nSPS) is 11.9. The molecule has 1 N–H and O–H groups in total. The van der Waals surface area contributed by atoms with Gasteiger partial charge in [0, 0.05) is 11.1 Å². The summed E-state index contributed by atoms with van der Waals surface area (Å²) >= 11 is 1.29. The molecule has 0 unspecified atom stereocenters. The maximum atomic E-state index is 12.9. The van der Waals surface area contributed by atoms with Crippen molar-refractivity contribution in [2.75, 3.05) is 11.9 Å². The number of para-hydroxylation sites is 2. The summed E-state index contributed by atoms with van der Waals surface area (Å²) in [5.41, 5.74) is 1.51. The number of benzene rings is 3. The number of nitrogens with zero attached hydrogens (tertiary/aromatic N) is 4. The lowest BCUT2D eigenvalue weighted by Gasteiger charge is -2.14. The van der Waals surface area contributed by atoms with E-state index in [1.165, 1.54) is 11.8 Å². The summed E-state index contributed by atoms with van der Waals surface area (Å²) < 4.78 is 7.28. The first kappa shape index (κ1) is 19.9. The first-order valence-electron chi connectivity index (χ1n) is 9.63. The van der Waals surface area contributed by atoms with Crippen molar-refractivity contribution in [3.05, 3.63) is 66.7 Å². The third kappa shape index (κ3) is 4.13. The van der Waals surface area contributed by atoms with Gasteiger partial charge < -0.3 is 10.1 Å². The third-order valence-electron chi connectivity index (χ3n) is 4.53. The van der Waals surface area contributed by atoms with Crippen LogP contribution in [-0.4, -0.2) is 38.0 Å². The van der Waals surface area contributed by atoms with E-state index >= 15 is 0 Å². The van der Waals surface area contributed by atoms with Crippen LogP contribution in [-0.2, 0) is 4.79 Å². The predicted molar refractivity (Wildman–Crippen MR) is 118 cm³/mol. The van der Waals surface area contributed by atoms with Gasteiger partial charge in [-0.05, 0) is 47.9 Å². The van der Waals surface area contributed by atoms with Crippen LogP contribution in [0.15, 0.2) is 71.9 Å². The number of hydrogen-bond donors (Lipinski definition) is 1. The standard InChI is InChI=1S/C22H21N5O2S/c1-3-29-20-14-7-6-13-19(20)27-22(24-25-26-27)30-15(2)21(28)23-18-12-8-10-16-9-4-5-11-17(16)18/h4-15H,3H2,1-2H3,(H,23,28)/t15-/m0/s1. The van der Waals surface area contributed by atoms with Crippen molar-refractivity contribution in [2.24, 2.45) is 0 Å². The molecule has 4 aromatic rings. The summed E-state index contributed by atoms with van der Waals surface area (Å²) in [5, 5.41) is 17.2. The van der Waals surface area contributed by atoms with E-state index in [-0.39, 0.29) is 5.91 Å². The van der Waals surface area contributed by atoms with Crippen molar-refractivity contribution in [1.82, 2.24) is 20.2 Å². The van der Waals surface area contributed by atoms with Gasteiger partial charge in [0.25, 0.3) is 0 Å². The molecule has 1 heterocycles. The second-order valence-electron chi connectivity index (χ2n) is 6.55. The predicted octanol–water partition coefficient (Wildman–Crippen LogP) is 4.33. The number of thioether (sulfide) groups is 1. The molecule has 3 aromatic carbocycles. The van der Waals surface area contributed by atoms with Gasteiger partial charge in [-0.1, -0.05) is 60.3 Å². The quantitative estimate of drug-likeness (QED) is 0.449. The molecule has 7 nitrogen and oxygen atoms in total. The van der Waals surface area contributed by atoms with Gasteiger partial charge in [-0.2, -0.15) is 4.68 Å². The second-order valence-corrected chi connectivity index (χ2v) is 7.86. The van der Waals surface area contributed by atoms with E-state index in [1.54, 1.807) is 4.68 Å². The van der Waals surface area contributed by atoms with Gasteiger partial charge in [-0.15, -0.1) is 5.10 Å². The van der Waals surface area contributed by atoms with E-state index in [0.29, 0.717) is 17.5 Å². The highest BCUT2D eigenvalue weighted by Crippen LogP contribution is 2.29. The number of anilines is 1. The number of tetrazole rings is 1. The molecule has 0 saturated carbocycles. The van der Waals surface area contributed by atoms with E-state index in [0.717, 1.165) is 22.1 Å². The Morgan fingerprint density at radius 2 is 1.87 bits per heavy atom. The van der Waals surface area contributed by atoms with Crippen LogP contribution in [0.5, 0.6) is 5.75 Å². The van der Waals surface area contributed by atoms with Crippen LogP contribution in [0.2, 0.25) is 0 Å². The molecule has 0 radical (unpaired) electrons. The Morgan fingerprint density at radius 3 is 2.73 bits per heavy atom. The number of aromatic nitrogens is 4. The highest BCUT2D eigenvalue weighted by atomic mass is 32.2. The number of fused-ring (bicyclic) bond motifs is 1. The molecule has 1 amide bonds. The minimum atomic E-state index is -0.409. The van der Waals surface area contributed by atoms with Gasteiger partial charge in [-0.3, -0.25) is 4.79 Å². The van der Waals surface area contributed by atoms with Crippen LogP contribution in [0.25, 0.3) is 16.5 Å². The largest absolute Gasteiger partial charge is 0.492 e. The molecule has 30 heavy (non-hydrogen) atoms. The zero-order valence-electron chi connectivity index (χ0n) is 16.6. The SMILES string of the molecule is CCOc1ccccc1-n1nnnc1S[C@@H](C)C(=O)Nc1cccc2ccccc12. The first-order valence-corrected chi connectivity index (χ1v) is 10.5. The maximum Gasteiger partial charge on any atom is 0.237 e. The summed E-state index contributed by atoms with van der Waals surface area (Å²) in [4.78, 5) is 12.9. The summed E-state index contributed by atoms with van der Waals surface area (Å²) in [6.45, 7) is 4.29. The number of ether oxygens (including phenoxy) is 1. The van der Waals surface area contributed by atoms with Crippen molar-refractivity contribution < 1.29 is 9.53 Å². The molecule has 0 saturated heterocycles. The first-order chi connectivity index (χ1) is 14.7. The lowest BCUT2D eigenvalue weighted by Crippen LogP contribution is -2.23. The highest BCUT2D eigenvalue weighted by Gasteiger charge is 2.21. The van der Waals surface area contributed by atoms with E-state index in [1.807, 2.05) is 80.6 Å². The molecule has 152 valence electrons. The Morgan fingerprint density at radius 1 is 1.10 bits per heavy atom. The van der Waals surface area contributed by atoms with E-state index in [2.05, 4.69) is 20.8 Å². The fourth-order valence-electron chi connectivity index (χ4n) is 3.09. The van der Waals surface area contributed by atoms with Crippen molar-refractivity contribution in [2.45, 2.75) is 24.3 Å². The van der Waals surface area contributed by atoms with Gasteiger partial charge in [0.1, 0.15) is 11.4 Å². The average molecular weight is 420 g/mol. The van der Waals surface area contributed by atoms with Crippen molar-refractivity contribution in [3.63, 3.8) is 0 Å². The molecule has 0 fully saturated rings. The molecular weight excluding hydrogens is 398 g/mol. The fourth-order valence-corrected chi connectivity index (χ4v) is 3.89. The van der Waals surface area contributed by atoms with Crippen LogP contribution in [0.3, 0.4) is 0 Å². The Hall–Kier alpha value is -3.39. The number of rotatable bonds is 7. The number of carbonyl (C=O) groups is 1. The maximum absolute atomic E-state index is 12.9. The van der Waals surface area contributed by atoms with Gasteiger partial charge in [0.2, 0.25) is 11.1 Å². The number of carbonyl (C=O) groups excluding carboxylic acids is 1. The Balaban J connectivity index is 1.53. The number of hydrogen-bond acceptors (Lipinski definition) is 6. The molecule has 1 atom stereocenters. The molecule has 1 aromatic heterocycles. The average Bonchev–Trinajstić information content (AvgIpc) is 3.22. The summed E-state index contributed by atoms with van der Waals surface area (Å²) in [6, 6.07) is 21.3. The minimum absolute atomic E-state index is 0.121. The summed E-state index contributed by atoms with van der Waals surface area (Å²) in [7, 11) is 0. The minimum Gasteiger partial charge on any atom is -0.492 e. The molecule has 0 aliphatic carbocycles. The Kier molecular flexibility index (Phi) is 5.94. The van der Waals surface area contributed by atoms with E-state index in [4.69, 9.17) is 4.74 Å². The monoisotopic (exact) mass is 419 g/mol. The lowest BCUT2D eigenvalue weighted by atomic mass is 10.1. The molecule has 4 rings (SSSR count). The van der Waals surface area contributed by atoms with E-state index < -0.39 is 5.25 Å². The van der Waals surface area contributed by atoms with Crippen molar-refractivity contribution in [1.29, 1.82) is 0 Å². The zero-order valence-corrected chi connectivity index (χ0v) is 17.5. The van der Waals surface area contributed by atoms with Gasteiger partial charge in [0.15, 0.2) is 0 Å². The molecule has 0 aliphatic heterocycles. The van der Waals surface area contributed by atoms with Crippen LogP contribution in [0.1, 0.15) is 13.8 Å². The molecule has 0 aliphatic rings. The highest BCUT2D eigenvalue weighted by molar-refractivity contribution is 8.00. The fraction of sp³-hybridized carbons (Fsp3) is 0.182. The van der Waals surface area contributed by atoms with Crippen LogP contribution in [0.4, 0.5) is 5.69 Å². The Bertz CT molecular complexity index is 1170. The Labute approximate surface area is 178 Å².